The van der Waals surface area contributed by atoms with Gasteiger partial charge in [-0.3, -0.25) is 4.79 Å². The number of carbonyl (C=O) groups is 1. The second kappa shape index (κ2) is 3.32. The molecule has 1 fully saturated rings. The Bertz CT molecular complexity index is 165. The first-order valence-corrected chi connectivity index (χ1v) is 2.92. The maximum atomic E-state index is 12.5. The van der Waals surface area contributed by atoms with E-state index in [4.69, 9.17) is 5.73 Å². The van der Waals surface area contributed by atoms with Gasteiger partial charge in [-0.05, 0) is 0 Å². The third kappa shape index (κ3) is 2.00. The van der Waals surface area contributed by atoms with Gasteiger partial charge in [-0.15, -0.1) is 12.4 Å². The van der Waals surface area contributed by atoms with Crippen LogP contribution >= 0.6 is 12.4 Å². The molecule has 0 saturated carbocycles. The van der Waals surface area contributed by atoms with Crippen molar-refractivity contribution in [3.63, 3.8) is 0 Å². The molecule has 6 heteroatoms. The topological polar surface area (TPSA) is 55.1 Å². The minimum atomic E-state index is -2.95. The molecule has 0 radical (unpaired) electrons. The standard InChI is InChI=1S/C5H8F2N2O.ClH/c6-5(7)2-9-1-3(5)4(8)10;/h3,9H,1-2H2,(H2,8,10);1H. The quantitative estimate of drug-likeness (QED) is 0.593. The van der Waals surface area contributed by atoms with Gasteiger partial charge in [-0.2, -0.15) is 0 Å². The van der Waals surface area contributed by atoms with E-state index in [0.29, 0.717) is 0 Å². The summed E-state index contributed by atoms with van der Waals surface area (Å²) in [6.07, 6.45) is 0. The van der Waals surface area contributed by atoms with Crippen LogP contribution in [0.3, 0.4) is 0 Å². The molecule has 66 valence electrons. The lowest BCUT2D eigenvalue weighted by Gasteiger charge is -2.12. The van der Waals surface area contributed by atoms with E-state index >= 15 is 0 Å². The van der Waals surface area contributed by atoms with Crippen molar-refractivity contribution in [2.45, 2.75) is 5.92 Å². The first kappa shape index (κ1) is 10.6. The fourth-order valence-corrected chi connectivity index (χ4v) is 0.964. The van der Waals surface area contributed by atoms with Crippen molar-refractivity contribution in [3.8, 4) is 0 Å². The number of amides is 1. The van der Waals surface area contributed by atoms with Gasteiger partial charge in [0.05, 0.1) is 6.54 Å². The summed E-state index contributed by atoms with van der Waals surface area (Å²) in [6, 6.07) is 0. The second-order valence-corrected chi connectivity index (χ2v) is 2.35. The van der Waals surface area contributed by atoms with Crippen molar-refractivity contribution in [1.82, 2.24) is 5.32 Å². The molecule has 1 unspecified atom stereocenters. The van der Waals surface area contributed by atoms with Crippen molar-refractivity contribution in [2.75, 3.05) is 13.1 Å². The van der Waals surface area contributed by atoms with Crippen molar-refractivity contribution in [2.24, 2.45) is 11.7 Å². The highest BCUT2D eigenvalue weighted by Crippen LogP contribution is 2.27. The van der Waals surface area contributed by atoms with Crippen LogP contribution in [0.1, 0.15) is 0 Å². The van der Waals surface area contributed by atoms with E-state index in [9.17, 15) is 13.6 Å². The second-order valence-electron chi connectivity index (χ2n) is 2.35. The van der Waals surface area contributed by atoms with Crippen molar-refractivity contribution in [3.05, 3.63) is 0 Å². The number of nitrogens with one attached hydrogen (secondary N) is 1. The molecule has 1 rings (SSSR count). The smallest absolute Gasteiger partial charge is 0.273 e. The molecule has 0 spiro atoms. The van der Waals surface area contributed by atoms with E-state index in [-0.39, 0.29) is 19.0 Å². The normalized spacial score (nSPS) is 27.6. The summed E-state index contributed by atoms with van der Waals surface area (Å²) < 4.78 is 25.0. The van der Waals surface area contributed by atoms with Gasteiger partial charge in [-0.25, -0.2) is 8.78 Å². The average molecular weight is 187 g/mol. The number of primary amides is 1. The van der Waals surface area contributed by atoms with E-state index in [1.807, 2.05) is 0 Å². The molecule has 0 aliphatic carbocycles. The highest BCUT2D eigenvalue weighted by Gasteiger charge is 2.47. The summed E-state index contributed by atoms with van der Waals surface area (Å²) in [5, 5.41) is 2.39. The SMILES string of the molecule is Cl.NC(=O)C1CNCC1(F)F. The van der Waals surface area contributed by atoms with Crippen LogP contribution in [0.5, 0.6) is 0 Å². The maximum absolute atomic E-state index is 12.5. The van der Waals surface area contributed by atoms with Gasteiger partial charge in [0.1, 0.15) is 5.92 Å². The lowest BCUT2D eigenvalue weighted by molar-refractivity contribution is -0.130. The van der Waals surface area contributed by atoms with Gasteiger partial charge >= 0.3 is 0 Å². The summed E-state index contributed by atoms with van der Waals surface area (Å²) in [4.78, 5) is 10.3. The van der Waals surface area contributed by atoms with Crippen molar-refractivity contribution in [1.29, 1.82) is 0 Å². The number of halogens is 3. The van der Waals surface area contributed by atoms with Crippen molar-refractivity contribution >= 4 is 18.3 Å². The monoisotopic (exact) mass is 186 g/mol. The van der Waals surface area contributed by atoms with Gasteiger partial charge in [0.2, 0.25) is 5.91 Å². The molecule has 3 nitrogen and oxygen atoms in total. The molecule has 1 amide bonds. The van der Waals surface area contributed by atoms with E-state index in [1.165, 1.54) is 0 Å². The summed E-state index contributed by atoms with van der Waals surface area (Å²) in [6.45, 7) is -0.455. The molecule has 1 heterocycles. The minimum Gasteiger partial charge on any atom is -0.369 e. The number of rotatable bonds is 1. The minimum absolute atomic E-state index is 0. The van der Waals surface area contributed by atoms with Crippen LogP contribution < -0.4 is 11.1 Å². The van der Waals surface area contributed by atoms with E-state index in [0.717, 1.165) is 0 Å². The molecule has 11 heavy (non-hydrogen) atoms. The number of carbonyl (C=O) groups excluding carboxylic acids is 1. The van der Waals surface area contributed by atoms with E-state index in [2.05, 4.69) is 5.32 Å². The molecule has 0 bridgehead atoms. The Balaban J connectivity index is 0.000001000. The van der Waals surface area contributed by atoms with Crippen LogP contribution in [-0.4, -0.2) is 24.9 Å². The number of hydrogen-bond acceptors (Lipinski definition) is 2. The summed E-state index contributed by atoms with van der Waals surface area (Å²) in [5.41, 5.74) is 4.71. The Morgan fingerprint density at radius 1 is 1.64 bits per heavy atom. The number of hydrogen-bond donors (Lipinski definition) is 2. The zero-order valence-electron chi connectivity index (χ0n) is 5.64. The van der Waals surface area contributed by atoms with Crippen LogP contribution in [0.15, 0.2) is 0 Å². The first-order chi connectivity index (χ1) is 4.54. The third-order valence-corrected chi connectivity index (χ3v) is 1.56. The third-order valence-electron chi connectivity index (χ3n) is 1.56. The van der Waals surface area contributed by atoms with Gasteiger partial charge in [0.15, 0.2) is 0 Å². The average Bonchev–Trinajstić information content (AvgIpc) is 2.08. The first-order valence-electron chi connectivity index (χ1n) is 2.92. The molecule has 0 aromatic carbocycles. The zero-order chi connectivity index (χ0) is 7.78. The van der Waals surface area contributed by atoms with Crippen LogP contribution in [-0.2, 0) is 4.79 Å². The number of nitrogens with two attached hydrogens (primary N) is 1. The summed E-state index contributed by atoms with van der Waals surface area (Å²) in [7, 11) is 0. The molecule has 1 atom stereocenters. The van der Waals surface area contributed by atoms with Crippen LogP contribution in [0.4, 0.5) is 8.78 Å². The van der Waals surface area contributed by atoms with Gasteiger partial charge in [0, 0.05) is 6.54 Å². The number of alkyl halides is 2. The van der Waals surface area contributed by atoms with Crippen LogP contribution in [0.25, 0.3) is 0 Å². The Morgan fingerprint density at radius 3 is 2.36 bits per heavy atom. The molecular formula is C5H9ClF2N2O. The molecule has 0 aromatic rings. The Kier molecular flexibility index (Phi) is 3.19. The lowest BCUT2D eigenvalue weighted by Crippen LogP contribution is -2.37. The molecule has 3 N–H and O–H groups in total. The van der Waals surface area contributed by atoms with Gasteiger partial charge in [-0.1, -0.05) is 0 Å². The summed E-state index contributed by atoms with van der Waals surface area (Å²) in [5.74, 6) is -5.21. The highest BCUT2D eigenvalue weighted by atomic mass is 35.5. The van der Waals surface area contributed by atoms with Gasteiger partial charge < -0.3 is 11.1 Å². The Labute approximate surface area is 68.7 Å². The Morgan fingerprint density at radius 2 is 2.18 bits per heavy atom. The van der Waals surface area contributed by atoms with E-state index < -0.39 is 24.3 Å². The predicted molar refractivity (Wildman–Crippen MR) is 37.7 cm³/mol. The zero-order valence-corrected chi connectivity index (χ0v) is 6.46. The predicted octanol–water partition coefficient (Wildman–Crippen LogP) is -0.252. The van der Waals surface area contributed by atoms with Gasteiger partial charge in [0.25, 0.3) is 5.92 Å². The fourth-order valence-electron chi connectivity index (χ4n) is 0.964. The highest BCUT2D eigenvalue weighted by molar-refractivity contribution is 5.85. The molecular weight excluding hydrogens is 178 g/mol. The summed E-state index contributed by atoms with van der Waals surface area (Å²) >= 11 is 0. The van der Waals surface area contributed by atoms with E-state index in [1.54, 1.807) is 0 Å². The maximum Gasteiger partial charge on any atom is 0.273 e. The van der Waals surface area contributed by atoms with Crippen LogP contribution in [0, 0.1) is 5.92 Å². The van der Waals surface area contributed by atoms with Crippen LogP contribution in [0.2, 0.25) is 0 Å². The molecule has 1 aliphatic heterocycles. The molecule has 0 aromatic heterocycles. The molecule has 1 saturated heterocycles. The lowest BCUT2D eigenvalue weighted by atomic mass is 10.1. The Hall–Kier alpha value is -0.420. The largest absolute Gasteiger partial charge is 0.369 e. The molecule has 1 aliphatic rings. The van der Waals surface area contributed by atoms with Crippen molar-refractivity contribution < 1.29 is 13.6 Å². The fraction of sp³-hybridized carbons (Fsp3) is 0.800.